The van der Waals surface area contributed by atoms with Gasteiger partial charge in [0, 0.05) is 17.8 Å². The van der Waals surface area contributed by atoms with Crippen molar-refractivity contribution in [2.45, 2.75) is 23.8 Å². The number of aromatic nitrogens is 2. The van der Waals surface area contributed by atoms with Crippen molar-refractivity contribution in [3.8, 4) is 11.5 Å². The van der Waals surface area contributed by atoms with Crippen molar-refractivity contribution in [1.82, 2.24) is 10.2 Å². The van der Waals surface area contributed by atoms with Crippen molar-refractivity contribution < 1.29 is 13.6 Å². The summed E-state index contributed by atoms with van der Waals surface area (Å²) in [5, 5.41) is 7.93. The summed E-state index contributed by atoms with van der Waals surface area (Å²) < 4.78 is 18.6. The lowest BCUT2D eigenvalue weighted by Gasteiger charge is -2.20. The summed E-state index contributed by atoms with van der Waals surface area (Å²) in [4.78, 5) is 14.6. The van der Waals surface area contributed by atoms with E-state index in [0.717, 1.165) is 12.1 Å². The quantitative estimate of drug-likeness (QED) is 0.652. The highest BCUT2D eigenvalue weighted by atomic mass is 32.2. The summed E-state index contributed by atoms with van der Waals surface area (Å²) >= 11 is 1.23. The molecule has 1 aromatic heterocycles. The highest BCUT2D eigenvalue weighted by Crippen LogP contribution is 2.32. The Morgan fingerprint density at radius 3 is 2.77 bits per heavy atom. The molecule has 0 radical (unpaired) electrons. The molecule has 0 aliphatic carbocycles. The number of para-hydroxylation sites is 1. The van der Waals surface area contributed by atoms with E-state index in [9.17, 15) is 9.18 Å². The van der Waals surface area contributed by atoms with E-state index in [-0.39, 0.29) is 17.0 Å². The van der Waals surface area contributed by atoms with Crippen LogP contribution in [0.15, 0.2) is 58.2 Å². The number of rotatable bonds is 4. The molecule has 0 N–H and O–H groups in total. The minimum absolute atomic E-state index is 0.0153. The van der Waals surface area contributed by atoms with Gasteiger partial charge in [-0.3, -0.25) is 4.79 Å². The molecule has 0 spiro atoms. The molecule has 0 bridgehead atoms. The van der Waals surface area contributed by atoms with E-state index in [0.29, 0.717) is 23.2 Å². The molecular formula is C19H16FN3O2S. The zero-order chi connectivity index (χ0) is 18.1. The molecule has 132 valence electrons. The molecule has 2 aromatic carbocycles. The third-order valence-electron chi connectivity index (χ3n) is 4.28. The maximum Gasteiger partial charge on any atom is 0.277 e. The van der Waals surface area contributed by atoms with Crippen LogP contribution in [0, 0.1) is 5.82 Å². The van der Waals surface area contributed by atoms with E-state index in [4.69, 9.17) is 4.42 Å². The first-order chi connectivity index (χ1) is 12.6. The van der Waals surface area contributed by atoms with Gasteiger partial charge in [-0.15, -0.1) is 10.2 Å². The number of benzene rings is 2. The molecule has 0 saturated heterocycles. The lowest BCUT2D eigenvalue weighted by Crippen LogP contribution is -2.35. The van der Waals surface area contributed by atoms with Crippen LogP contribution in [-0.2, 0) is 11.2 Å². The van der Waals surface area contributed by atoms with Crippen molar-refractivity contribution in [2.24, 2.45) is 0 Å². The fourth-order valence-electron chi connectivity index (χ4n) is 2.95. The van der Waals surface area contributed by atoms with Crippen molar-refractivity contribution in [2.75, 3.05) is 11.4 Å². The fourth-order valence-corrected chi connectivity index (χ4v) is 3.70. The summed E-state index contributed by atoms with van der Waals surface area (Å²) in [6.45, 7) is 2.52. The predicted octanol–water partition coefficient (Wildman–Crippen LogP) is 3.95. The molecule has 0 fully saturated rings. The molecule has 1 atom stereocenters. The van der Waals surface area contributed by atoms with Gasteiger partial charge in [0.2, 0.25) is 11.8 Å². The first kappa shape index (κ1) is 16.8. The molecule has 7 heteroatoms. The summed E-state index contributed by atoms with van der Waals surface area (Å²) in [5.41, 5.74) is 2.80. The second kappa shape index (κ2) is 6.92. The summed E-state index contributed by atoms with van der Waals surface area (Å²) in [6, 6.07) is 13.8. The number of carbonyl (C=O) groups is 1. The van der Waals surface area contributed by atoms with Crippen molar-refractivity contribution >= 4 is 23.4 Å². The molecule has 2 heterocycles. The Bertz CT molecular complexity index is 942. The Labute approximate surface area is 154 Å². The largest absolute Gasteiger partial charge is 0.411 e. The number of anilines is 1. The van der Waals surface area contributed by atoms with Crippen LogP contribution in [0.2, 0.25) is 0 Å². The second-order valence-electron chi connectivity index (χ2n) is 6.01. The summed E-state index contributed by atoms with van der Waals surface area (Å²) in [6.07, 6.45) is 0.870. The molecule has 3 aromatic rings. The van der Waals surface area contributed by atoms with Gasteiger partial charge in [0.25, 0.3) is 5.22 Å². The van der Waals surface area contributed by atoms with E-state index in [1.807, 2.05) is 36.1 Å². The Morgan fingerprint density at radius 1 is 1.19 bits per heavy atom. The molecule has 1 aliphatic heterocycles. The van der Waals surface area contributed by atoms with Gasteiger partial charge >= 0.3 is 0 Å². The molecular weight excluding hydrogens is 353 g/mol. The lowest BCUT2D eigenvalue weighted by molar-refractivity contribution is -0.117. The van der Waals surface area contributed by atoms with Crippen molar-refractivity contribution in [3.63, 3.8) is 0 Å². The molecule has 0 unspecified atom stereocenters. The predicted molar refractivity (Wildman–Crippen MR) is 97.5 cm³/mol. The third kappa shape index (κ3) is 3.22. The maximum atomic E-state index is 13.0. The topological polar surface area (TPSA) is 59.2 Å². The van der Waals surface area contributed by atoms with Crippen LogP contribution in [0.25, 0.3) is 11.5 Å². The van der Waals surface area contributed by atoms with Gasteiger partial charge in [-0.1, -0.05) is 30.0 Å². The molecule has 1 amide bonds. The Kier molecular flexibility index (Phi) is 4.46. The van der Waals surface area contributed by atoms with E-state index in [2.05, 4.69) is 10.2 Å². The SMILES string of the molecule is C[C@H](Sc1nnc(-c2ccc(F)cc2)o1)C(=O)N1CCc2ccccc21. The number of hydrogen-bond donors (Lipinski definition) is 0. The monoisotopic (exact) mass is 369 g/mol. The minimum Gasteiger partial charge on any atom is -0.411 e. The zero-order valence-corrected chi connectivity index (χ0v) is 14.9. The molecule has 1 aliphatic rings. The first-order valence-electron chi connectivity index (χ1n) is 8.27. The van der Waals surface area contributed by atoms with Gasteiger partial charge in [0.15, 0.2) is 0 Å². The van der Waals surface area contributed by atoms with E-state index < -0.39 is 0 Å². The lowest BCUT2D eigenvalue weighted by atomic mass is 10.2. The fraction of sp³-hybridized carbons (Fsp3) is 0.211. The Hall–Kier alpha value is -2.67. The summed E-state index contributed by atoms with van der Waals surface area (Å²) in [5.74, 6) is -0.00636. The average molecular weight is 369 g/mol. The van der Waals surface area contributed by atoms with Crippen LogP contribution in [0.3, 0.4) is 0 Å². The van der Waals surface area contributed by atoms with Crippen LogP contribution in [-0.4, -0.2) is 27.9 Å². The summed E-state index contributed by atoms with van der Waals surface area (Å²) in [7, 11) is 0. The van der Waals surface area contributed by atoms with Gasteiger partial charge in [-0.25, -0.2) is 4.39 Å². The van der Waals surface area contributed by atoms with Gasteiger partial charge < -0.3 is 9.32 Å². The highest BCUT2D eigenvalue weighted by Gasteiger charge is 2.29. The molecule has 5 nitrogen and oxygen atoms in total. The van der Waals surface area contributed by atoms with Gasteiger partial charge in [0.1, 0.15) is 5.82 Å². The van der Waals surface area contributed by atoms with Gasteiger partial charge in [-0.2, -0.15) is 0 Å². The number of carbonyl (C=O) groups excluding carboxylic acids is 1. The number of nitrogens with zero attached hydrogens (tertiary/aromatic N) is 3. The molecule has 0 saturated carbocycles. The number of thioether (sulfide) groups is 1. The maximum absolute atomic E-state index is 13.0. The number of amides is 1. The smallest absolute Gasteiger partial charge is 0.277 e. The van der Waals surface area contributed by atoms with E-state index >= 15 is 0 Å². The zero-order valence-electron chi connectivity index (χ0n) is 14.1. The highest BCUT2D eigenvalue weighted by molar-refractivity contribution is 8.00. The van der Waals surface area contributed by atoms with Crippen molar-refractivity contribution in [3.05, 3.63) is 59.9 Å². The Morgan fingerprint density at radius 2 is 1.96 bits per heavy atom. The van der Waals surface area contributed by atoms with Crippen molar-refractivity contribution in [1.29, 1.82) is 0 Å². The molecule has 26 heavy (non-hydrogen) atoms. The van der Waals surface area contributed by atoms with Crippen LogP contribution in [0.1, 0.15) is 12.5 Å². The number of halogens is 1. The average Bonchev–Trinajstić information content (AvgIpc) is 3.29. The van der Waals surface area contributed by atoms with E-state index in [1.165, 1.54) is 29.5 Å². The van der Waals surface area contributed by atoms with Gasteiger partial charge in [-0.05, 0) is 49.2 Å². The first-order valence-corrected chi connectivity index (χ1v) is 9.15. The van der Waals surface area contributed by atoms with Gasteiger partial charge in [0.05, 0.1) is 5.25 Å². The van der Waals surface area contributed by atoms with E-state index in [1.54, 1.807) is 12.1 Å². The minimum atomic E-state index is -0.359. The third-order valence-corrected chi connectivity index (χ3v) is 5.20. The number of fused-ring (bicyclic) bond motifs is 1. The number of hydrogen-bond acceptors (Lipinski definition) is 5. The molecule has 4 rings (SSSR count). The Balaban J connectivity index is 1.46. The van der Waals surface area contributed by atoms with Crippen LogP contribution in [0.5, 0.6) is 0 Å². The van der Waals surface area contributed by atoms with Crippen LogP contribution < -0.4 is 4.90 Å². The van der Waals surface area contributed by atoms with Crippen LogP contribution in [0.4, 0.5) is 10.1 Å². The second-order valence-corrected chi connectivity index (χ2v) is 7.30. The normalized spacial score (nSPS) is 14.3. The standard InChI is InChI=1S/C19H16FN3O2S/c1-12(18(24)23-11-10-13-4-2-3-5-16(13)23)26-19-22-21-17(25-19)14-6-8-15(20)9-7-14/h2-9,12H,10-11H2,1H3/t12-/m0/s1. The van der Waals surface area contributed by atoms with Crippen LogP contribution >= 0.6 is 11.8 Å².